The lowest BCUT2D eigenvalue weighted by atomic mass is 10.1. The fourth-order valence-corrected chi connectivity index (χ4v) is 2.64. The smallest absolute Gasteiger partial charge is 0.191 e. The second kappa shape index (κ2) is 13.3. The zero-order valence-corrected chi connectivity index (χ0v) is 17.6. The molecule has 25 heavy (non-hydrogen) atoms. The van der Waals surface area contributed by atoms with Crippen LogP contribution >= 0.6 is 24.0 Å². The maximum atomic E-state index is 5.54. The van der Waals surface area contributed by atoms with Crippen molar-refractivity contribution in [3.8, 4) is 0 Å². The second-order valence-electron chi connectivity index (χ2n) is 5.71. The first-order valence-electron chi connectivity index (χ1n) is 8.72. The summed E-state index contributed by atoms with van der Waals surface area (Å²) >= 11 is 0. The van der Waals surface area contributed by atoms with Crippen molar-refractivity contribution in [2.24, 2.45) is 4.99 Å². The van der Waals surface area contributed by atoms with Crippen LogP contribution in [-0.4, -0.2) is 63.9 Å². The lowest BCUT2D eigenvalue weighted by molar-refractivity contribution is 0.0389. The van der Waals surface area contributed by atoms with Crippen LogP contribution in [0.25, 0.3) is 0 Å². The number of rotatable bonds is 8. The summed E-state index contributed by atoms with van der Waals surface area (Å²) in [5.41, 5.74) is 2.46. The molecule has 1 saturated heterocycles. The van der Waals surface area contributed by atoms with Gasteiger partial charge in [-0.05, 0) is 18.1 Å². The third-order valence-corrected chi connectivity index (χ3v) is 4.07. The van der Waals surface area contributed by atoms with E-state index in [4.69, 9.17) is 9.47 Å². The van der Waals surface area contributed by atoms with Crippen molar-refractivity contribution in [2.45, 2.75) is 20.1 Å². The molecule has 0 aromatic heterocycles. The SMILES string of the molecule is CCOCc1ccccc1CNC(=NC)NCCN1CCOCC1.I. The number of aliphatic imine (C=N–C) groups is 1. The highest BCUT2D eigenvalue weighted by Gasteiger charge is 2.09. The summed E-state index contributed by atoms with van der Waals surface area (Å²) in [4.78, 5) is 6.70. The van der Waals surface area contributed by atoms with Gasteiger partial charge in [-0.2, -0.15) is 0 Å². The Hall–Kier alpha value is -0.900. The van der Waals surface area contributed by atoms with Gasteiger partial charge in [0.15, 0.2) is 5.96 Å². The molecule has 0 amide bonds. The van der Waals surface area contributed by atoms with Crippen molar-refractivity contribution in [1.82, 2.24) is 15.5 Å². The third kappa shape index (κ3) is 8.35. The summed E-state index contributed by atoms with van der Waals surface area (Å²) in [5.74, 6) is 0.828. The van der Waals surface area contributed by atoms with Crippen molar-refractivity contribution in [3.05, 3.63) is 35.4 Å². The molecule has 0 saturated carbocycles. The van der Waals surface area contributed by atoms with Crippen molar-refractivity contribution in [1.29, 1.82) is 0 Å². The number of ether oxygens (including phenoxy) is 2. The standard InChI is InChI=1S/C18H30N4O2.HI/c1-3-23-15-17-7-5-4-6-16(17)14-21-18(19-2)20-8-9-22-10-12-24-13-11-22;/h4-7H,3,8-15H2,1-2H3,(H2,19,20,21);1H. The van der Waals surface area contributed by atoms with Gasteiger partial charge < -0.3 is 20.1 Å². The van der Waals surface area contributed by atoms with Crippen molar-refractivity contribution < 1.29 is 9.47 Å². The summed E-state index contributed by atoms with van der Waals surface area (Å²) in [6, 6.07) is 8.35. The Kier molecular flexibility index (Phi) is 11.8. The topological polar surface area (TPSA) is 58.1 Å². The third-order valence-electron chi connectivity index (χ3n) is 4.07. The monoisotopic (exact) mass is 462 g/mol. The maximum absolute atomic E-state index is 5.54. The lowest BCUT2D eigenvalue weighted by Gasteiger charge is -2.26. The van der Waals surface area contributed by atoms with Gasteiger partial charge in [-0.15, -0.1) is 24.0 Å². The lowest BCUT2D eigenvalue weighted by Crippen LogP contribution is -2.44. The molecule has 1 aromatic carbocycles. The molecule has 0 aliphatic carbocycles. The van der Waals surface area contributed by atoms with Crippen LogP contribution < -0.4 is 10.6 Å². The fourth-order valence-electron chi connectivity index (χ4n) is 2.64. The molecule has 7 heteroatoms. The van der Waals surface area contributed by atoms with Gasteiger partial charge in [0.05, 0.1) is 19.8 Å². The first-order valence-corrected chi connectivity index (χ1v) is 8.72. The Morgan fingerprint density at radius 1 is 1.20 bits per heavy atom. The molecule has 0 unspecified atom stereocenters. The van der Waals surface area contributed by atoms with Crippen LogP contribution in [0.5, 0.6) is 0 Å². The number of benzene rings is 1. The van der Waals surface area contributed by atoms with E-state index in [1.165, 1.54) is 11.1 Å². The first-order chi connectivity index (χ1) is 11.8. The molecule has 2 N–H and O–H groups in total. The van der Waals surface area contributed by atoms with E-state index in [0.29, 0.717) is 6.61 Å². The normalized spacial score (nSPS) is 15.5. The quantitative estimate of drug-likeness (QED) is 0.351. The van der Waals surface area contributed by atoms with Crippen LogP contribution in [0.15, 0.2) is 29.3 Å². The molecule has 0 radical (unpaired) electrons. The summed E-state index contributed by atoms with van der Waals surface area (Å²) in [6.45, 7) is 9.71. The van der Waals surface area contributed by atoms with E-state index in [1.807, 2.05) is 13.0 Å². The van der Waals surface area contributed by atoms with E-state index >= 15 is 0 Å². The molecule has 0 spiro atoms. The van der Waals surface area contributed by atoms with E-state index in [2.05, 4.69) is 38.7 Å². The molecule has 1 aliphatic heterocycles. The van der Waals surface area contributed by atoms with E-state index in [1.54, 1.807) is 7.05 Å². The van der Waals surface area contributed by atoms with Crippen molar-refractivity contribution >= 4 is 29.9 Å². The number of halogens is 1. The molecule has 6 nitrogen and oxygen atoms in total. The Morgan fingerprint density at radius 3 is 2.60 bits per heavy atom. The number of guanidine groups is 1. The highest BCUT2D eigenvalue weighted by molar-refractivity contribution is 14.0. The average molecular weight is 462 g/mol. The number of hydrogen-bond donors (Lipinski definition) is 2. The molecular formula is C18H31IN4O2. The van der Waals surface area contributed by atoms with Crippen LogP contribution in [0.1, 0.15) is 18.1 Å². The number of hydrogen-bond acceptors (Lipinski definition) is 4. The Bertz CT molecular complexity index is 508. The van der Waals surface area contributed by atoms with Crippen LogP contribution in [-0.2, 0) is 22.6 Å². The van der Waals surface area contributed by atoms with Crippen LogP contribution in [0.2, 0.25) is 0 Å². The zero-order chi connectivity index (χ0) is 17.0. The van der Waals surface area contributed by atoms with Gasteiger partial charge in [0.2, 0.25) is 0 Å². The molecule has 1 aliphatic rings. The van der Waals surface area contributed by atoms with Crippen molar-refractivity contribution in [3.63, 3.8) is 0 Å². The van der Waals surface area contributed by atoms with E-state index in [9.17, 15) is 0 Å². The minimum atomic E-state index is 0. The molecule has 1 heterocycles. The van der Waals surface area contributed by atoms with E-state index in [0.717, 1.165) is 58.5 Å². The van der Waals surface area contributed by atoms with Gasteiger partial charge in [0.1, 0.15) is 0 Å². The summed E-state index contributed by atoms with van der Waals surface area (Å²) < 4.78 is 10.9. The molecule has 142 valence electrons. The Morgan fingerprint density at radius 2 is 1.92 bits per heavy atom. The molecule has 2 rings (SSSR count). The van der Waals surface area contributed by atoms with Crippen LogP contribution in [0.4, 0.5) is 0 Å². The number of morpholine rings is 1. The number of nitrogens with one attached hydrogen (secondary N) is 2. The first kappa shape index (κ1) is 22.1. The largest absolute Gasteiger partial charge is 0.379 e. The van der Waals surface area contributed by atoms with Gasteiger partial charge in [-0.3, -0.25) is 9.89 Å². The van der Waals surface area contributed by atoms with Crippen molar-refractivity contribution in [2.75, 3.05) is 53.0 Å². The minimum absolute atomic E-state index is 0. The van der Waals surface area contributed by atoms with Crippen LogP contribution in [0, 0.1) is 0 Å². The van der Waals surface area contributed by atoms with Gasteiger partial charge in [0.25, 0.3) is 0 Å². The van der Waals surface area contributed by atoms with Gasteiger partial charge in [-0.1, -0.05) is 24.3 Å². The van der Waals surface area contributed by atoms with E-state index in [-0.39, 0.29) is 24.0 Å². The summed E-state index contributed by atoms with van der Waals surface area (Å²) in [6.07, 6.45) is 0. The van der Waals surface area contributed by atoms with Gasteiger partial charge in [0, 0.05) is 46.4 Å². The van der Waals surface area contributed by atoms with E-state index < -0.39 is 0 Å². The van der Waals surface area contributed by atoms with Crippen LogP contribution in [0.3, 0.4) is 0 Å². The highest BCUT2D eigenvalue weighted by atomic mass is 127. The molecular weight excluding hydrogens is 431 g/mol. The average Bonchev–Trinajstić information content (AvgIpc) is 2.64. The zero-order valence-electron chi connectivity index (χ0n) is 15.3. The molecule has 1 aromatic rings. The molecule has 1 fully saturated rings. The summed E-state index contributed by atoms with van der Waals surface area (Å²) in [5, 5.41) is 6.76. The van der Waals surface area contributed by atoms with Gasteiger partial charge >= 0.3 is 0 Å². The number of nitrogens with zero attached hydrogens (tertiary/aromatic N) is 2. The minimum Gasteiger partial charge on any atom is -0.379 e. The predicted octanol–water partition coefficient (Wildman–Crippen LogP) is 1.84. The summed E-state index contributed by atoms with van der Waals surface area (Å²) in [7, 11) is 1.80. The maximum Gasteiger partial charge on any atom is 0.191 e. The fraction of sp³-hybridized carbons (Fsp3) is 0.611. The second-order valence-corrected chi connectivity index (χ2v) is 5.71. The van der Waals surface area contributed by atoms with Gasteiger partial charge in [-0.25, -0.2) is 0 Å². The highest BCUT2D eigenvalue weighted by Crippen LogP contribution is 2.09. The predicted molar refractivity (Wildman–Crippen MR) is 113 cm³/mol. The Labute approximate surface area is 168 Å². The molecule has 0 bridgehead atoms. The molecule has 0 atom stereocenters. The Balaban J connectivity index is 0.00000312.